The van der Waals surface area contributed by atoms with Crippen LogP contribution in [0.2, 0.25) is 10.0 Å². The van der Waals surface area contributed by atoms with Crippen LogP contribution in [0.5, 0.6) is 0 Å². The molecule has 3 aliphatic rings. The van der Waals surface area contributed by atoms with E-state index in [0.29, 0.717) is 34.6 Å². The van der Waals surface area contributed by atoms with Crippen LogP contribution >= 0.6 is 39.1 Å². The van der Waals surface area contributed by atoms with E-state index in [4.69, 9.17) is 28.3 Å². The number of carbonyl (C=O) groups excluding carboxylic acids is 1. The third-order valence-corrected chi connectivity index (χ3v) is 9.92. The molecule has 3 aliphatic carbocycles. The maximum atomic E-state index is 13.8. The van der Waals surface area contributed by atoms with Crippen LogP contribution in [0.4, 0.5) is 0 Å². The van der Waals surface area contributed by atoms with E-state index in [1.165, 1.54) is 24.8 Å². The molecule has 2 aromatic carbocycles. The minimum Gasteiger partial charge on any atom is -0.347 e. The Hall–Kier alpha value is -1.82. The maximum Gasteiger partial charge on any atom is 0.272 e. The van der Waals surface area contributed by atoms with Gasteiger partial charge >= 0.3 is 0 Å². The van der Waals surface area contributed by atoms with Gasteiger partial charge in [-0.05, 0) is 71.4 Å². The van der Waals surface area contributed by atoms with Crippen molar-refractivity contribution in [2.45, 2.75) is 59.0 Å². The predicted molar refractivity (Wildman–Crippen MR) is 144 cm³/mol. The van der Waals surface area contributed by atoms with Gasteiger partial charge in [-0.1, -0.05) is 72.0 Å². The molecule has 1 amide bonds. The second kappa shape index (κ2) is 8.09. The van der Waals surface area contributed by atoms with E-state index in [1.807, 2.05) is 22.9 Å². The number of halogens is 3. The molecule has 2 bridgehead atoms. The van der Waals surface area contributed by atoms with Crippen molar-refractivity contribution in [3.8, 4) is 11.3 Å². The lowest BCUT2D eigenvalue weighted by molar-refractivity contribution is 0.0731. The lowest BCUT2D eigenvalue weighted by Crippen LogP contribution is -2.52. The molecular weight excluding hydrogens is 545 g/mol. The van der Waals surface area contributed by atoms with Crippen LogP contribution in [-0.2, 0) is 13.0 Å². The van der Waals surface area contributed by atoms with Gasteiger partial charge in [-0.2, -0.15) is 5.10 Å². The van der Waals surface area contributed by atoms with Crippen molar-refractivity contribution in [2.24, 2.45) is 16.7 Å². The number of nitrogens with one attached hydrogen (secondary N) is 1. The van der Waals surface area contributed by atoms with Crippen molar-refractivity contribution < 1.29 is 4.79 Å². The molecular formula is C28H28BrCl2N3O. The van der Waals surface area contributed by atoms with Crippen LogP contribution in [0, 0.1) is 16.7 Å². The van der Waals surface area contributed by atoms with Crippen molar-refractivity contribution in [1.29, 1.82) is 0 Å². The summed E-state index contributed by atoms with van der Waals surface area (Å²) in [6, 6.07) is 11.9. The highest BCUT2D eigenvalue weighted by molar-refractivity contribution is 9.10. The molecule has 3 atom stereocenters. The zero-order chi connectivity index (χ0) is 24.7. The molecule has 3 unspecified atom stereocenters. The fraction of sp³-hybridized carbons (Fsp3) is 0.429. The second-order valence-electron chi connectivity index (χ2n) is 11.4. The van der Waals surface area contributed by atoms with E-state index < -0.39 is 0 Å². The molecule has 3 aromatic rings. The first-order valence-electron chi connectivity index (χ1n) is 12.2. The molecule has 7 heteroatoms. The molecule has 0 aliphatic heterocycles. The fourth-order valence-corrected chi connectivity index (χ4v) is 7.94. The lowest BCUT2D eigenvalue weighted by atomic mass is 9.68. The summed E-state index contributed by atoms with van der Waals surface area (Å²) in [4.78, 5) is 13.8. The van der Waals surface area contributed by atoms with Crippen LogP contribution in [0.1, 0.15) is 67.2 Å². The zero-order valence-electron chi connectivity index (χ0n) is 20.1. The van der Waals surface area contributed by atoms with Gasteiger partial charge in [-0.15, -0.1) is 0 Å². The average Bonchev–Trinajstić information content (AvgIpc) is 3.49. The first-order valence-corrected chi connectivity index (χ1v) is 13.7. The number of rotatable bonds is 4. The monoisotopic (exact) mass is 571 g/mol. The molecule has 6 rings (SSSR count). The van der Waals surface area contributed by atoms with Gasteiger partial charge in [0.25, 0.3) is 5.91 Å². The van der Waals surface area contributed by atoms with Crippen LogP contribution in [0.25, 0.3) is 11.3 Å². The topological polar surface area (TPSA) is 46.9 Å². The van der Waals surface area contributed by atoms with Crippen molar-refractivity contribution in [3.05, 3.63) is 73.3 Å². The molecule has 0 saturated heterocycles. The van der Waals surface area contributed by atoms with E-state index in [-0.39, 0.29) is 22.8 Å². The van der Waals surface area contributed by atoms with Crippen molar-refractivity contribution in [1.82, 2.24) is 15.1 Å². The summed E-state index contributed by atoms with van der Waals surface area (Å²) in [5.41, 5.74) is 5.99. The SMILES string of the molecule is CC12CCC(C1)C(C)(C)C2NC(=O)c1nn(Cc2ccc(Cl)cc2Cl)c2c1Cc1cc(Br)ccc1-2. The van der Waals surface area contributed by atoms with Gasteiger partial charge in [0.2, 0.25) is 0 Å². The van der Waals surface area contributed by atoms with Crippen LogP contribution in [0.3, 0.4) is 0 Å². The summed E-state index contributed by atoms with van der Waals surface area (Å²) >= 11 is 16.2. The largest absolute Gasteiger partial charge is 0.347 e. The summed E-state index contributed by atoms with van der Waals surface area (Å²) in [5, 5.41) is 9.54. The van der Waals surface area contributed by atoms with E-state index in [9.17, 15) is 4.79 Å². The first-order chi connectivity index (χ1) is 16.6. The summed E-state index contributed by atoms with van der Waals surface area (Å²) in [6.45, 7) is 7.43. The van der Waals surface area contributed by atoms with E-state index in [2.05, 4.69) is 54.2 Å². The number of hydrogen-bond acceptors (Lipinski definition) is 2. The van der Waals surface area contributed by atoms with Gasteiger partial charge in [0.05, 0.1) is 12.2 Å². The average molecular weight is 573 g/mol. The summed E-state index contributed by atoms with van der Waals surface area (Å²) in [6.07, 6.45) is 4.31. The Labute approximate surface area is 224 Å². The smallest absolute Gasteiger partial charge is 0.272 e. The van der Waals surface area contributed by atoms with Crippen LogP contribution in [-0.4, -0.2) is 21.7 Å². The van der Waals surface area contributed by atoms with E-state index >= 15 is 0 Å². The van der Waals surface area contributed by atoms with Gasteiger partial charge in [0.1, 0.15) is 0 Å². The van der Waals surface area contributed by atoms with Crippen molar-refractivity contribution in [3.63, 3.8) is 0 Å². The molecule has 1 aromatic heterocycles. The Morgan fingerprint density at radius 3 is 2.71 bits per heavy atom. The lowest BCUT2D eigenvalue weighted by Gasteiger charge is -2.43. The predicted octanol–water partition coefficient (Wildman–Crippen LogP) is 7.52. The van der Waals surface area contributed by atoms with Gasteiger partial charge in [0, 0.05) is 38.1 Å². The van der Waals surface area contributed by atoms with E-state index in [1.54, 1.807) is 6.07 Å². The molecule has 4 nitrogen and oxygen atoms in total. The summed E-state index contributed by atoms with van der Waals surface area (Å²) < 4.78 is 2.97. The highest BCUT2D eigenvalue weighted by Gasteiger charge is 2.59. The molecule has 2 saturated carbocycles. The van der Waals surface area contributed by atoms with Crippen molar-refractivity contribution in [2.75, 3.05) is 0 Å². The molecule has 1 heterocycles. The highest BCUT2D eigenvalue weighted by Crippen LogP contribution is 2.62. The van der Waals surface area contributed by atoms with Crippen LogP contribution < -0.4 is 5.32 Å². The summed E-state index contributed by atoms with van der Waals surface area (Å²) in [5.74, 6) is 0.593. The minimum atomic E-state index is -0.0686. The number of aromatic nitrogens is 2. The third kappa shape index (κ3) is 3.69. The van der Waals surface area contributed by atoms with Gasteiger partial charge in [0.15, 0.2) is 5.69 Å². The van der Waals surface area contributed by atoms with Crippen molar-refractivity contribution >= 4 is 45.0 Å². The Kier molecular flexibility index (Phi) is 5.45. The standard InChI is InChI=1S/C28H28BrCl2N3O/c1-27(2)17-8-9-28(3,13-17)26(27)32-25(35)23-21-11-16-10-18(29)5-7-20(16)24(21)34(33-23)14-15-4-6-19(30)12-22(15)31/h4-7,10,12,17,26H,8-9,11,13-14H2,1-3H3,(H,32,35). The van der Waals surface area contributed by atoms with Crippen LogP contribution in [0.15, 0.2) is 40.9 Å². The number of nitrogens with zero attached hydrogens (tertiary/aromatic N) is 2. The van der Waals surface area contributed by atoms with Gasteiger partial charge < -0.3 is 5.32 Å². The zero-order valence-corrected chi connectivity index (χ0v) is 23.2. The number of carbonyl (C=O) groups is 1. The molecule has 0 spiro atoms. The molecule has 182 valence electrons. The fourth-order valence-electron chi connectivity index (χ4n) is 7.07. The summed E-state index contributed by atoms with van der Waals surface area (Å²) in [7, 11) is 0. The Balaban J connectivity index is 1.40. The normalized spacial score (nSPS) is 25.5. The maximum absolute atomic E-state index is 13.8. The third-order valence-electron chi connectivity index (χ3n) is 8.84. The van der Waals surface area contributed by atoms with Gasteiger partial charge in [-0.25, -0.2) is 0 Å². The van der Waals surface area contributed by atoms with E-state index in [0.717, 1.165) is 26.9 Å². The molecule has 35 heavy (non-hydrogen) atoms. The molecule has 2 fully saturated rings. The Morgan fingerprint density at radius 1 is 1.20 bits per heavy atom. The highest BCUT2D eigenvalue weighted by atomic mass is 79.9. The van der Waals surface area contributed by atoms with Gasteiger partial charge in [-0.3, -0.25) is 9.48 Å². The first kappa shape index (κ1) is 23.6. The molecule has 1 N–H and O–H groups in total. The number of amides is 1. The second-order valence-corrected chi connectivity index (χ2v) is 13.1. The number of fused-ring (bicyclic) bond motifs is 5. The molecule has 0 radical (unpaired) electrons. The quantitative estimate of drug-likeness (QED) is 0.275. The Morgan fingerprint density at radius 2 is 2.00 bits per heavy atom. The Bertz CT molecular complexity index is 1380. The minimum absolute atomic E-state index is 0.0686. The number of hydrogen-bond donors (Lipinski definition) is 1. The number of benzene rings is 2.